The van der Waals surface area contributed by atoms with Crippen molar-refractivity contribution in [1.82, 2.24) is 4.72 Å². The number of rotatable bonds is 6. The molecule has 112 valence electrons. The summed E-state index contributed by atoms with van der Waals surface area (Å²) in [6.45, 7) is 3.43. The van der Waals surface area contributed by atoms with Gasteiger partial charge in [0.1, 0.15) is 4.90 Å². The predicted octanol–water partition coefficient (Wildman–Crippen LogP) is -0.337. The van der Waals surface area contributed by atoms with Gasteiger partial charge in [0.15, 0.2) is 0 Å². The summed E-state index contributed by atoms with van der Waals surface area (Å²) >= 11 is 0. The fraction of sp³-hybridized carbons (Fsp3) is 0.417. The molecule has 20 heavy (non-hydrogen) atoms. The number of amides is 1. The Morgan fingerprint density at radius 2 is 2.00 bits per heavy atom. The lowest BCUT2D eigenvalue weighted by molar-refractivity contribution is 0.1000. The molecule has 1 amide bonds. The van der Waals surface area contributed by atoms with E-state index in [0.717, 1.165) is 0 Å². The zero-order valence-electron chi connectivity index (χ0n) is 11.3. The number of nitrogens with one attached hydrogen (secondary N) is 1. The van der Waals surface area contributed by atoms with Crippen LogP contribution in [0.4, 0.5) is 5.69 Å². The summed E-state index contributed by atoms with van der Waals surface area (Å²) in [6, 6.07) is 3.70. The number of anilines is 1. The molecule has 0 aliphatic heterocycles. The highest BCUT2D eigenvalue weighted by Crippen LogP contribution is 2.19. The molecule has 0 radical (unpaired) electrons. The summed E-state index contributed by atoms with van der Waals surface area (Å²) < 4.78 is 26.4. The molecular weight excluding hydrogens is 282 g/mol. The van der Waals surface area contributed by atoms with Gasteiger partial charge in [0.2, 0.25) is 15.9 Å². The van der Waals surface area contributed by atoms with Crippen molar-refractivity contribution in [3.05, 3.63) is 23.8 Å². The van der Waals surface area contributed by atoms with E-state index in [1.54, 1.807) is 13.8 Å². The van der Waals surface area contributed by atoms with Gasteiger partial charge in [0.25, 0.3) is 0 Å². The van der Waals surface area contributed by atoms with E-state index in [1.807, 2.05) is 0 Å². The number of carbonyl (C=O) groups excluding carboxylic acids is 1. The van der Waals surface area contributed by atoms with Crippen LogP contribution in [0.2, 0.25) is 0 Å². The number of sulfonamides is 1. The second-order valence-electron chi connectivity index (χ2n) is 4.78. The molecule has 0 heterocycles. The molecule has 1 aromatic carbocycles. The van der Waals surface area contributed by atoms with Crippen LogP contribution in [0.5, 0.6) is 0 Å². The number of carbonyl (C=O) groups is 1. The molecule has 1 atom stereocenters. The van der Waals surface area contributed by atoms with E-state index in [1.165, 1.54) is 18.2 Å². The van der Waals surface area contributed by atoms with Crippen LogP contribution >= 0.6 is 0 Å². The number of hydrogen-bond acceptors (Lipinski definition) is 5. The summed E-state index contributed by atoms with van der Waals surface area (Å²) in [5.74, 6) is -0.767. The van der Waals surface area contributed by atoms with Gasteiger partial charge < -0.3 is 16.6 Å². The topological polar surface area (TPSA) is 136 Å². The molecule has 0 bridgehead atoms. The second kappa shape index (κ2) is 6.21. The Bertz CT molecular complexity index is 599. The van der Waals surface area contributed by atoms with E-state index in [9.17, 15) is 18.3 Å². The number of benzene rings is 1. The molecule has 0 fully saturated rings. The summed E-state index contributed by atoms with van der Waals surface area (Å²) in [7, 11) is -3.85. The van der Waals surface area contributed by atoms with E-state index in [-0.39, 0.29) is 28.6 Å². The van der Waals surface area contributed by atoms with Crippen LogP contribution in [0.25, 0.3) is 0 Å². The summed E-state index contributed by atoms with van der Waals surface area (Å²) in [5.41, 5.74) is 10.8. The average Bonchev–Trinajstić information content (AvgIpc) is 2.35. The lowest BCUT2D eigenvalue weighted by atomic mass is 10.1. The van der Waals surface area contributed by atoms with Gasteiger partial charge in [-0.1, -0.05) is 13.8 Å². The molecule has 1 unspecified atom stereocenters. The number of nitrogen functional groups attached to an aromatic ring is 1. The van der Waals surface area contributed by atoms with Gasteiger partial charge in [-0.2, -0.15) is 0 Å². The minimum Gasteiger partial charge on any atom is -0.398 e. The van der Waals surface area contributed by atoms with Crippen LogP contribution in [0, 0.1) is 5.92 Å². The van der Waals surface area contributed by atoms with Crippen molar-refractivity contribution in [2.24, 2.45) is 11.7 Å². The van der Waals surface area contributed by atoms with Crippen molar-refractivity contribution >= 4 is 21.6 Å². The molecule has 8 heteroatoms. The minimum absolute atomic E-state index is 0.0761. The van der Waals surface area contributed by atoms with Crippen LogP contribution in [0.3, 0.4) is 0 Å². The van der Waals surface area contributed by atoms with Crippen LogP contribution < -0.4 is 16.2 Å². The SMILES string of the molecule is CC(C)C(O)CNS(=O)(=O)c1ccc(C(N)=O)cc1N. The fourth-order valence-electron chi connectivity index (χ4n) is 1.45. The van der Waals surface area contributed by atoms with Crippen molar-refractivity contribution in [2.75, 3.05) is 12.3 Å². The van der Waals surface area contributed by atoms with Gasteiger partial charge in [-0.25, -0.2) is 13.1 Å². The Kier molecular flexibility index (Phi) is 5.09. The molecule has 0 saturated carbocycles. The number of hydrogen-bond donors (Lipinski definition) is 4. The van der Waals surface area contributed by atoms with E-state index in [4.69, 9.17) is 11.5 Å². The van der Waals surface area contributed by atoms with Crippen molar-refractivity contribution in [1.29, 1.82) is 0 Å². The van der Waals surface area contributed by atoms with Gasteiger partial charge in [0, 0.05) is 12.1 Å². The Morgan fingerprint density at radius 3 is 2.45 bits per heavy atom. The first kappa shape index (κ1) is 16.4. The first-order valence-corrected chi connectivity index (χ1v) is 7.50. The third-order valence-corrected chi connectivity index (χ3v) is 4.33. The highest BCUT2D eigenvalue weighted by Gasteiger charge is 2.20. The third kappa shape index (κ3) is 3.92. The first-order valence-electron chi connectivity index (χ1n) is 6.02. The zero-order valence-corrected chi connectivity index (χ0v) is 12.1. The minimum atomic E-state index is -3.85. The monoisotopic (exact) mass is 301 g/mol. The standard InChI is InChI=1S/C12H19N3O4S/c1-7(2)10(16)6-15-20(18,19)11-4-3-8(12(14)17)5-9(11)13/h3-5,7,10,15-16H,6,13H2,1-2H3,(H2,14,17). The Morgan fingerprint density at radius 1 is 1.40 bits per heavy atom. The zero-order chi connectivity index (χ0) is 15.5. The normalized spacial score (nSPS) is 13.4. The van der Waals surface area contributed by atoms with Gasteiger partial charge in [0.05, 0.1) is 11.8 Å². The number of aliphatic hydroxyl groups excluding tert-OH is 1. The second-order valence-corrected chi connectivity index (χ2v) is 6.52. The quantitative estimate of drug-likeness (QED) is 0.533. The van der Waals surface area contributed by atoms with Crippen molar-refractivity contribution in [3.8, 4) is 0 Å². The van der Waals surface area contributed by atoms with Gasteiger partial charge in [-0.15, -0.1) is 0 Å². The molecular formula is C12H19N3O4S. The molecule has 1 rings (SSSR count). The first-order chi connectivity index (χ1) is 9.15. The van der Waals surface area contributed by atoms with Crippen LogP contribution in [0.15, 0.2) is 23.1 Å². The molecule has 7 nitrogen and oxygen atoms in total. The molecule has 0 aliphatic carbocycles. The van der Waals surface area contributed by atoms with Crippen LogP contribution in [-0.4, -0.2) is 32.1 Å². The summed E-state index contributed by atoms with van der Waals surface area (Å²) in [6.07, 6.45) is -0.795. The van der Waals surface area contributed by atoms with Crippen LogP contribution in [0.1, 0.15) is 24.2 Å². The highest BCUT2D eigenvalue weighted by molar-refractivity contribution is 7.89. The summed E-state index contributed by atoms with van der Waals surface area (Å²) in [5, 5.41) is 9.60. The lowest BCUT2D eigenvalue weighted by Crippen LogP contribution is -2.35. The van der Waals surface area contributed by atoms with Crippen molar-refractivity contribution in [3.63, 3.8) is 0 Å². The Hall–Kier alpha value is -1.64. The average molecular weight is 301 g/mol. The lowest BCUT2D eigenvalue weighted by Gasteiger charge is -2.16. The molecule has 1 aromatic rings. The molecule has 0 aromatic heterocycles. The van der Waals surface area contributed by atoms with Gasteiger partial charge in [-0.3, -0.25) is 4.79 Å². The summed E-state index contributed by atoms with van der Waals surface area (Å²) in [4.78, 5) is 10.8. The Labute approximate surface area is 118 Å². The Balaban J connectivity index is 2.96. The molecule has 0 aliphatic rings. The predicted molar refractivity (Wildman–Crippen MR) is 75.4 cm³/mol. The maximum Gasteiger partial charge on any atom is 0.248 e. The highest BCUT2D eigenvalue weighted by atomic mass is 32.2. The number of nitrogens with two attached hydrogens (primary N) is 2. The van der Waals surface area contributed by atoms with E-state index < -0.39 is 22.0 Å². The largest absolute Gasteiger partial charge is 0.398 e. The van der Waals surface area contributed by atoms with Gasteiger partial charge >= 0.3 is 0 Å². The molecule has 6 N–H and O–H groups in total. The van der Waals surface area contributed by atoms with E-state index >= 15 is 0 Å². The smallest absolute Gasteiger partial charge is 0.248 e. The van der Waals surface area contributed by atoms with Gasteiger partial charge in [-0.05, 0) is 24.1 Å². The van der Waals surface area contributed by atoms with Crippen LogP contribution in [-0.2, 0) is 10.0 Å². The maximum absolute atomic E-state index is 12.0. The fourth-order valence-corrected chi connectivity index (χ4v) is 2.62. The maximum atomic E-state index is 12.0. The van der Waals surface area contributed by atoms with Crippen molar-refractivity contribution < 1.29 is 18.3 Å². The van der Waals surface area contributed by atoms with Crippen molar-refractivity contribution in [2.45, 2.75) is 24.8 Å². The number of aliphatic hydroxyl groups is 1. The number of primary amides is 1. The molecule has 0 saturated heterocycles. The molecule has 0 spiro atoms. The third-order valence-electron chi connectivity index (χ3n) is 2.84. The van der Waals surface area contributed by atoms with E-state index in [0.29, 0.717) is 0 Å². The van der Waals surface area contributed by atoms with E-state index in [2.05, 4.69) is 4.72 Å².